The zero-order valence-corrected chi connectivity index (χ0v) is 26.8. The maximum atomic E-state index is 16.0. The third-order valence-corrected chi connectivity index (χ3v) is 10.8. The molecule has 3 aliphatic rings. The van der Waals surface area contributed by atoms with Gasteiger partial charge >= 0.3 is 13.6 Å². The van der Waals surface area contributed by atoms with Gasteiger partial charge in [-0.1, -0.05) is 42.4 Å². The molecule has 4 aromatic rings. The summed E-state index contributed by atoms with van der Waals surface area (Å²) >= 11 is 8.19. The van der Waals surface area contributed by atoms with Crippen LogP contribution < -0.4 is 11.5 Å². The smallest absolute Gasteiger partial charge is 0.382 e. The summed E-state index contributed by atoms with van der Waals surface area (Å²) in [6.07, 6.45) is -7.44. The topological polar surface area (TPSA) is 233 Å². The van der Waals surface area contributed by atoms with E-state index in [-0.39, 0.29) is 33.6 Å². The third kappa shape index (κ3) is 5.53. The first-order chi connectivity index (χ1) is 21.8. The molecule has 3 saturated heterocycles. The Morgan fingerprint density at radius 2 is 1.80 bits per heavy atom. The Bertz CT molecular complexity index is 1980. The second-order valence-corrected chi connectivity index (χ2v) is 16.1. The molecular formula is C23H24FN9O9P2S2. The highest BCUT2D eigenvalue weighted by Gasteiger charge is 2.52. The molecule has 0 spiro atoms. The first kappa shape index (κ1) is 31.6. The highest BCUT2D eigenvalue weighted by atomic mass is 32.7. The first-order valence-corrected chi connectivity index (χ1v) is 18.7. The van der Waals surface area contributed by atoms with Gasteiger partial charge in [0, 0.05) is 0 Å². The fourth-order valence-corrected chi connectivity index (χ4v) is 8.31. The van der Waals surface area contributed by atoms with Crippen molar-refractivity contribution in [2.45, 2.75) is 43.0 Å². The molecule has 6 heterocycles. The van der Waals surface area contributed by atoms with E-state index in [1.165, 1.54) is 28.0 Å². The molecule has 0 unspecified atom stereocenters. The normalized spacial score (nSPS) is 35.5. The summed E-state index contributed by atoms with van der Waals surface area (Å²) in [6.45, 7) is -5.74. The number of ether oxygens (including phenoxy) is 2. The van der Waals surface area contributed by atoms with Crippen LogP contribution in [0.3, 0.4) is 0 Å². The molecule has 7 rings (SSSR count). The number of thiol groups is 2. The lowest BCUT2D eigenvalue weighted by Gasteiger charge is -2.25. The number of fused-ring (bicyclic) bond motifs is 5. The third-order valence-electron chi connectivity index (χ3n) is 7.57. The highest BCUT2D eigenvalue weighted by molar-refractivity contribution is 8.44. The van der Waals surface area contributed by atoms with Crippen molar-refractivity contribution >= 4 is 72.0 Å². The van der Waals surface area contributed by atoms with Crippen LogP contribution >= 0.6 is 38.1 Å². The van der Waals surface area contributed by atoms with Crippen molar-refractivity contribution in [2.75, 3.05) is 18.9 Å². The van der Waals surface area contributed by atoms with Crippen molar-refractivity contribution in [3.05, 3.63) is 48.6 Å². The van der Waals surface area contributed by atoms with E-state index >= 15 is 4.39 Å². The second-order valence-electron chi connectivity index (χ2n) is 10.4. The Kier molecular flexibility index (Phi) is 7.99. The standard InChI is InChI=1S/C23H24FN9O9P2S2/c1-9-12-5-37-44(36,46)42-18-13(40-22(14(18)24)32-8-29-16-19(25)27-7-28-21(16)32)6-38-43(35,45)41-17(9)23(39-12)33-11-4-2-3-10(20(26)34)15(11)30-31-33/h2-4,7-8,12-14,17-18,22-23H,1,5-6H2,(H2,26,34)(H,35,45)(H,36,46)(H2,25,27,28)/t12-,13-,14-,17-,18-,22-,23-,43+,44+/m1/s1. The maximum Gasteiger partial charge on any atom is 0.386 e. The van der Waals surface area contributed by atoms with E-state index in [0.717, 1.165) is 0 Å². The number of hydrogen-bond donors (Lipinski definition) is 4. The van der Waals surface area contributed by atoms with Gasteiger partial charge in [0.15, 0.2) is 30.1 Å². The van der Waals surface area contributed by atoms with Gasteiger partial charge < -0.3 is 20.9 Å². The van der Waals surface area contributed by atoms with Crippen molar-refractivity contribution in [3.63, 3.8) is 0 Å². The maximum absolute atomic E-state index is 16.0. The molecule has 1 aromatic carbocycles. The van der Waals surface area contributed by atoms with Crippen molar-refractivity contribution < 1.29 is 45.9 Å². The lowest BCUT2D eigenvalue weighted by atomic mass is 10.1. The van der Waals surface area contributed by atoms with Gasteiger partial charge in [-0.25, -0.2) is 33.2 Å². The number of rotatable bonds is 3. The number of carbonyl (C=O) groups is 1. The quantitative estimate of drug-likeness (QED) is 0.136. The highest BCUT2D eigenvalue weighted by Crippen LogP contribution is 2.60. The molecule has 3 aliphatic heterocycles. The van der Waals surface area contributed by atoms with Gasteiger partial charge in [0.25, 0.3) is 5.91 Å². The largest absolute Gasteiger partial charge is 0.386 e. The Morgan fingerprint density at radius 3 is 2.59 bits per heavy atom. The predicted octanol–water partition coefficient (Wildman–Crippen LogP) is 2.53. The van der Waals surface area contributed by atoms with E-state index in [4.69, 9.17) is 39.0 Å². The number of nitrogens with zero attached hydrogens (tertiary/aromatic N) is 7. The minimum Gasteiger partial charge on any atom is -0.382 e. The Morgan fingerprint density at radius 1 is 1.04 bits per heavy atom. The van der Waals surface area contributed by atoms with Crippen molar-refractivity contribution in [1.82, 2.24) is 34.5 Å². The Hall–Kier alpha value is -2.97. The van der Waals surface area contributed by atoms with Gasteiger partial charge in [-0.15, -0.1) is 5.10 Å². The number of alkyl halides is 1. The van der Waals surface area contributed by atoms with Crippen LogP contribution in [0.4, 0.5) is 10.2 Å². The number of aromatic nitrogens is 7. The number of anilines is 1. The number of imidazole rings is 1. The molecule has 46 heavy (non-hydrogen) atoms. The van der Waals surface area contributed by atoms with Gasteiger partial charge in [-0.05, 0) is 17.7 Å². The summed E-state index contributed by atoms with van der Waals surface area (Å²) in [4.78, 5) is 24.0. The van der Waals surface area contributed by atoms with Crippen LogP contribution in [0.25, 0.3) is 22.2 Å². The van der Waals surface area contributed by atoms with Crippen LogP contribution in [0.5, 0.6) is 0 Å². The van der Waals surface area contributed by atoms with E-state index < -0.39 is 75.8 Å². The molecule has 1 amide bonds. The molecular weight excluding hydrogens is 691 g/mol. The van der Waals surface area contributed by atoms with Gasteiger partial charge in [0.1, 0.15) is 41.8 Å². The van der Waals surface area contributed by atoms with E-state index in [2.05, 4.69) is 56.3 Å². The predicted molar refractivity (Wildman–Crippen MR) is 162 cm³/mol. The van der Waals surface area contributed by atoms with Crippen LogP contribution in [0.1, 0.15) is 22.8 Å². The molecule has 244 valence electrons. The zero-order chi connectivity index (χ0) is 32.5. The molecule has 9 atom stereocenters. The van der Waals surface area contributed by atoms with Crippen molar-refractivity contribution in [3.8, 4) is 0 Å². The molecule has 23 heteroatoms. The lowest BCUT2D eigenvalue weighted by Crippen LogP contribution is -2.33. The summed E-state index contributed by atoms with van der Waals surface area (Å²) in [5.74, 6) is -0.672. The van der Waals surface area contributed by atoms with Crippen LogP contribution in [0.15, 0.2) is 43.0 Å². The summed E-state index contributed by atoms with van der Waals surface area (Å²) in [5, 5.41) is 8.15. The number of amides is 1. The fraction of sp³-hybridized carbons (Fsp3) is 0.391. The van der Waals surface area contributed by atoms with Crippen molar-refractivity contribution in [2.24, 2.45) is 5.73 Å². The molecule has 2 bridgehead atoms. The molecule has 3 aromatic heterocycles. The number of hydrogen-bond acceptors (Lipinski definition) is 15. The monoisotopic (exact) mass is 715 g/mol. The molecule has 18 nitrogen and oxygen atoms in total. The number of nitrogens with two attached hydrogens (primary N) is 2. The summed E-state index contributed by atoms with van der Waals surface area (Å²) in [7, 11) is 0. The number of halogens is 1. The summed E-state index contributed by atoms with van der Waals surface area (Å²) in [6, 6.07) is 4.64. The average Bonchev–Trinajstić information content (AvgIpc) is 3.76. The zero-order valence-electron chi connectivity index (χ0n) is 23.2. The van der Waals surface area contributed by atoms with Crippen LogP contribution in [-0.4, -0.2) is 84.2 Å². The molecule has 0 saturated carbocycles. The summed E-state index contributed by atoms with van der Waals surface area (Å²) in [5.41, 5.74) is 12.5. The lowest BCUT2D eigenvalue weighted by molar-refractivity contribution is -0.0599. The fourth-order valence-electron chi connectivity index (χ4n) is 5.42. The van der Waals surface area contributed by atoms with Crippen LogP contribution in [-0.2, 0) is 36.7 Å². The van der Waals surface area contributed by atoms with Gasteiger partial charge in [-0.2, -0.15) is 0 Å². The van der Waals surface area contributed by atoms with E-state index in [1.54, 1.807) is 12.1 Å². The minimum atomic E-state index is -4.33. The number of benzene rings is 1. The molecule has 0 radical (unpaired) electrons. The average molecular weight is 716 g/mol. The van der Waals surface area contributed by atoms with Gasteiger partial charge in [0.05, 0.1) is 30.6 Å². The first-order valence-electron chi connectivity index (χ1n) is 13.4. The summed E-state index contributed by atoms with van der Waals surface area (Å²) < 4.78 is 80.1. The van der Waals surface area contributed by atoms with Crippen molar-refractivity contribution in [1.29, 1.82) is 0 Å². The Balaban J connectivity index is 1.20. The van der Waals surface area contributed by atoms with Gasteiger partial charge in [-0.3, -0.25) is 27.5 Å². The second kappa shape index (κ2) is 11.6. The van der Waals surface area contributed by atoms with E-state index in [0.29, 0.717) is 5.52 Å². The van der Waals surface area contributed by atoms with E-state index in [1.807, 2.05) is 0 Å². The van der Waals surface area contributed by atoms with Gasteiger partial charge in [0.2, 0.25) is 0 Å². The van der Waals surface area contributed by atoms with Crippen LogP contribution in [0.2, 0.25) is 0 Å². The number of nitrogen functional groups attached to an aromatic ring is 1. The SMILES string of the molecule is C=C1[C@H]2O[P@@](=O)(S)OC[C@H]3O[C@@H](n4cnc5c(N)ncnc54)[C@H](F)[C@@H]3O[P@@](=O)(S)OC[C@H]1O[C@H]2n1nnc2c(C(N)=O)cccc21. The molecule has 3 fully saturated rings. The molecule has 4 N–H and O–H groups in total. The number of carbonyl (C=O) groups excluding carboxylic acids is 1. The minimum absolute atomic E-state index is 0.0599. The van der Waals surface area contributed by atoms with Crippen LogP contribution in [0, 0.1) is 0 Å². The Labute approximate surface area is 268 Å². The van der Waals surface area contributed by atoms with E-state index in [9.17, 15) is 13.9 Å². The molecule has 0 aliphatic carbocycles. The number of primary amides is 1.